The molecule has 0 unspecified atom stereocenters. The molecule has 35 heavy (non-hydrogen) atoms. The summed E-state index contributed by atoms with van der Waals surface area (Å²) in [7, 11) is 1.33. The number of aromatic nitrogens is 1. The maximum absolute atomic E-state index is 13.0. The van der Waals surface area contributed by atoms with Crippen LogP contribution in [0.1, 0.15) is 56.8 Å². The van der Waals surface area contributed by atoms with E-state index in [1.165, 1.54) is 7.11 Å². The number of methoxy groups -OCH3 is 1. The van der Waals surface area contributed by atoms with Crippen LogP contribution < -0.4 is 5.32 Å². The van der Waals surface area contributed by atoms with E-state index in [0.29, 0.717) is 67.5 Å². The van der Waals surface area contributed by atoms with E-state index in [2.05, 4.69) is 10.3 Å². The minimum atomic E-state index is -0.547. The molecule has 1 N–H and O–H groups in total. The molecule has 9 nitrogen and oxygen atoms in total. The summed E-state index contributed by atoms with van der Waals surface area (Å²) in [6, 6.07) is 6.90. The molecule has 4 rings (SSSR count). The number of hydrogen-bond donors (Lipinski definition) is 1. The minimum Gasteiger partial charge on any atom is -0.465 e. The van der Waals surface area contributed by atoms with E-state index in [1.807, 2.05) is 20.8 Å². The number of carbonyl (C=O) groups excluding carboxylic acids is 3. The number of anilines is 1. The minimum absolute atomic E-state index is 0.0671. The molecular weight excluding hydrogens is 450 g/mol. The van der Waals surface area contributed by atoms with Crippen LogP contribution in [0.4, 0.5) is 10.5 Å². The van der Waals surface area contributed by atoms with Gasteiger partial charge >= 0.3 is 12.1 Å². The molecule has 2 aromatic rings. The van der Waals surface area contributed by atoms with E-state index in [9.17, 15) is 14.4 Å². The fourth-order valence-corrected chi connectivity index (χ4v) is 4.79. The number of amides is 2. The first-order valence-corrected chi connectivity index (χ1v) is 12.0. The lowest BCUT2D eigenvalue weighted by molar-refractivity contribution is -0.138. The quantitative estimate of drug-likeness (QED) is 0.654. The van der Waals surface area contributed by atoms with Gasteiger partial charge in [0.2, 0.25) is 5.91 Å². The zero-order valence-corrected chi connectivity index (χ0v) is 20.8. The van der Waals surface area contributed by atoms with Crippen LogP contribution in [0.2, 0.25) is 0 Å². The number of morpholine rings is 1. The van der Waals surface area contributed by atoms with Gasteiger partial charge in [0.15, 0.2) is 0 Å². The van der Waals surface area contributed by atoms with Crippen LogP contribution >= 0.6 is 0 Å². The smallest absolute Gasteiger partial charge is 0.410 e. The SMILES string of the molecule is COC(=O)c1ccnc2ccc(NC(=O)C3CCC4(CC3)CN(C(=O)OC(C)(C)C)CCO4)cc12. The van der Waals surface area contributed by atoms with Gasteiger partial charge in [0.25, 0.3) is 0 Å². The van der Waals surface area contributed by atoms with E-state index < -0.39 is 17.2 Å². The largest absolute Gasteiger partial charge is 0.465 e. The third-order valence-electron chi connectivity index (χ3n) is 6.58. The average molecular weight is 484 g/mol. The first kappa shape index (κ1) is 24.9. The lowest BCUT2D eigenvalue weighted by Crippen LogP contribution is -2.56. The van der Waals surface area contributed by atoms with Crippen molar-refractivity contribution in [3.63, 3.8) is 0 Å². The average Bonchev–Trinajstić information content (AvgIpc) is 2.82. The molecule has 0 atom stereocenters. The summed E-state index contributed by atoms with van der Waals surface area (Å²) in [6.45, 7) is 7.01. The first-order valence-electron chi connectivity index (χ1n) is 12.0. The van der Waals surface area contributed by atoms with Gasteiger partial charge in [0.1, 0.15) is 5.60 Å². The van der Waals surface area contributed by atoms with Crippen molar-refractivity contribution in [1.82, 2.24) is 9.88 Å². The van der Waals surface area contributed by atoms with Crippen LogP contribution in [0.3, 0.4) is 0 Å². The maximum Gasteiger partial charge on any atom is 0.410 e. The number of hydrogen-bond acceptors (Lipinski definition) is 7. The standard InChI is InChI=1S/C26H33N3O6/c1-25(2,3)35-24(32)29-13-14-34-26(16-29)10-7-17(8-11-26)22(30)28-18-5-6-21-20(15-18)19(9-12-27-21)23(31)33-4/h5-6,9,12,15,17H,7-8,10-11,13-14,16H2,1-4H3,(H,28,30). The van der Waals surface area contributed by atoms with Gasteiger partial charge in [0, 0.05) is 29.7 Å². The molecule has 1 spiro atoms. The molecule has 1 saturated heterocycles. The van der Waals surface area contributed by atoms with Crippen LogP contribution in [-0.4, -0.2) is 65.9 Å². The number of rotatable bonds is 3. The molecule has 2 aliphatic rings. The number of esters is 1. The normalized spacial score (nSPS) is 22.6. The summed E-state index contributed by atoms with van der Waals surface area (Å²) in [5, 5.41) is 3.61. The van der Waals surface area contributed by atoms with Crippen molar-refractivity contribution in [2.45, 2.75) is 57.7 Å². The van der Waals surface area contributed by atoms with E-state index in [4.69, 9.17) is 14.2 Å². The fourth-order valence-electron chi connectivity index (χ4n) is 4.79. The topological polar surface area (TPSA) is 107 Å². The van der Waals surface area contributed by atoms with Crippen LogP contribution in [0.5, 0.6) is 0 Å². The Kier molecular flexibility index (Phi) is 6.98. The lowest BCUT2D eigenvalue weighted by Gasteiger charge is -2.46. The molecule has 2 fully saturated rings. The van der Waals surface area contributed by atoms with Gasteiger partial charge in [-0.1, -0.05) is 0 Å². The van der Waals surface area contributed by atoms with Crippen molar-refractivity contribution in [1.29, 1.82) is 0 Å². The van der Waals surface area contributed by atoms with Crippen LogP contribution in [0.15, 0.2) is 30.5 Å². The Morgan fingerprint density at radius 2 is 1.91 bits per heavy atom. The maximum atomic E-state index is 13.0. The highest BCUT2D eigenvalue weighted by atomic mass is 16.6. The van der Waals surface area contributed by atoms with Gasteiger partial charge in [-0.15, -0.1) is 0 Å². The Hall–Kier alpha value is -3.20. The molecule has 9 heteroatoms. The van der Waals surface area contributed by atoms with Gasteiger partial charge in [-0.3, -0.25) is 9.78 Å². The summed E-state index contributed by atoms with van der Waals surface area (Å²) in [4.78, 5) is 43.7. The molecule has 188 valence electrons. The third-order valence-corrected chi connectivity index (χ3v) is 6.58. The zero-order valence-electron chi connectivity index (χ0n) is 20.8. The Morgan fingerprint density at radius 3 is 2.60 bits per heavy atom. The van der Waals surface area contributed by atoms with E-state index in [0.717, 1.165) is 0 Å². The highest BCUT2D eigenvalue weighted by molar-refractivity contribution is 6.05. The van der Waals surface area contributed by atoms with Crippen molar-refractivity contribution >= 4 is 34.6 Å². The molecule has 0 radical (unpaired) electrons. The van der Waals surface area contributed by atoms with Crippen molar-refractivity contribution in [3.05, 3.63) is 36.0 Å². The van der Waals surface area contributed by atoms with E-state index in [-0.39, 0.29) is 17.9 Å². The predicted molar refractivity (Wildman–Crippen MR) is 130 cm³/mol. The summed E-state index contributed by atoms with van der Waals surface area (Å²) in [6.07, 6.45) is 3.95. The van der Waals surface area contributed by atoms with Gasteiger partial charge in [-0.2, -0.15) is 0 Å². The van der Waals surface area contributed by atoms with Gasteiger partial charge < -0.3 is 24.4 Å². The number of benzene rings is 1. The second-order valence-electron chi connectivity index (χ2n) is 10.3. The number of nitrogens with one attached hydrogen (secondary N) is 1. The predicted octanol–water partition coefficient (Wildman–Crippen LogP) is 4.16. The van der Waals surface area contributed by atoms with Crippen molar-refractivity contribution in [2.24, 2.45) is 5.92 Å². The van der Waals surface area contributed by atoms with E-state index in [1.54, 1.807) is 35.4 Å². The monoisotopic (exact) mass is 483 g/mol. The summed E-state index contributed by atoms with van der Waals surface area (Å²) < 4.78 is 16.5. The number of carbonyl (C=O) groups is 3. The number of fused-ring (bicyclic) bond motifs is 1. The summed E-state index contributed by atoms with van der Waals surface area (Å²) >= 11 is 0. The molecule has 2 heterocycles. The van der Waals surface area contributed by atoms with Gasteiger partial charge in [0.05, 0.1) is 36.9 Å². The molecule has 1 aliphatic carbocycles. The van der Waals surface area contributed by atoms with Crippen LogP contribution in [0, 0.1) is 5.92 Å². The lowest BCUT2D eigenvalue weighted by atomic mass is 9.77. The number of nitrogens with zero attached hydrogens (tertiary/aromatic N) is 2. The van der Waals surface area contributed by atoms with Crippen molar-refractivity contribution in [2.75, 3.05) is 32.1 Å². The Balaban J connectivity index is 1.38. The molecule has 0 bridgehead atoms. The molecule has 1 aliphatic heterocycles. The zero-order chi connectivity index (χ0) is 25.2. The van der Waals surface area contributed by atoms with Crippen LogP contribution in [0.25, 0.3) is 10.9 Å². The van der Waals surface area contributed by atoms with Gasteiger partial charge in [-0.25, -0.2) is 9.59 Å². The first-order chi connectivity index (χ1) is 16.6. The highest BCUT2D eigenvalue weighted by Gasteiger charge is 2.43. The van der Waals surface area contributed by atoms with Crippen molar-refractivity contribution in [3.8, 4) is 0 Å². The molecule has 2 amide bonds. The van der Waals surface area contributed by atoms with Gasteiger partial charge in [-0.05, 0) is 70.7 Å². The summed E-state index contributed by atoms with van der Waals surface area (Å²) in [5.74, 6) is -0.681. The molecule has 1 aromatic heterocycles. The molecule has 1 aromatic carbocycles. The number of pyridine rings is 1. The Morgan fingerprint density at radius 1 is 1.17 bits per heavy atom. The number of ether oxygens (including phenoxy) is 3. The van der Waals surface area contributed by atoms with Crippen molar-refractivity contribution < 1.29 is 28.6 Å². The summed E-state index contributed by atoms with van der Waals surface area (Å²) in [5.41, 5.74) is 0.669. The van der Waals surface area contributed by atoms with Crippen LogP contribution in [-0.2, 0) is 19.0 Å². The molecular formula is C26H33N3O6. The highest BCUT2D eigenvalue weighted by Crippen LogP contribution is 2.38. The third kappa shape index (κ3) is 5.73. The second-order valence-corrected chi connectivity index (χ2v) is 10.3. The fraction of sp³-hybridized carbons (Fsp3) is 0.538. The molecule has 1 saturated carbocycles. The second kappa shape index (κ2) is 9.81. The Labute approximate surface area is 205 Å². The Bertz CT molecular complexity index is 1120. The van der Waals surface area contributed by atoms with E-state index >= 15 is 0 Å².